The Morgan fingerprint density at radius 3 is 2.58 bits per heavy atom. The Hall–Kier alpha value is -1.91. The largest absolute Gasteiger partial charge is 0.480 e. The second-order valence-electron chi connectivity index (χ2n) is 5.09. The molecule has 1 aromatic rings. The van der Waals surface area contributed by atoms with Gasteiger partial charge in [0, 0.05) is 18.0 Å². The zero-order valence-electron chi connectivity index (χ0n) is 11.0. The van der Waals surface area contributed by atoms with Crippen molar-refractivity contribution in [2.45, 2.75) is 44.6 Å². The summed E-state index contributed by atoms with van der Waals surface area (Å²) in [6, 6.07) is 1.61. The second kappa shape index (κ2) is 5.38. The number of hydrogen-bond acceptors (Lipinski definition) is 3. The van der Waals surface area contributed by atoms with Gasteiger partial charge in [-0.3, -0.25) is 9.78 Å². The van der Waals surface area contributed by atoms with E-state index >= 15 is 0 Å². The van der Waals surface area contributed by atoms with E-state index in [1.54, 1.807) is 19.2 Å². The molecule has 2 rings (SSSR count). The molecular formula is C14H18N2O3. The van der Waals surface area contributed by atoms with Crippen molar-refractivity contribution in [2.24, 2.45) is 0 Å². The van der Waals surface area contributed by atoms with Crippen LogP contribution in [0.5, 0.6) is 0 Å². The third-order valence-electron chi connectivity index (χ3n) is 3.73. The molecule has 1 aliphatic carbocycles. The van der Waals surface area contributed by atoms with E-state index in [0.717, 1.165) is 24.8 Å². The molecule has 0 aliphatic heterocycles. The lowest BCUT2D eigenvalue weighted by atomic mass is 9.81. The van der Waals surface area contributed by atoms with Crippen molar-refractivity contribution in [3.8, 4) is 0 Å². The molecule has 2 N–H and O–H groups in total. The number of carbonyl (C=O) groups is 2. The fourth-order valence-electron chi connectivity index (χ4n) is 2.56. The number of hydrogen-bond donors (Lipinski definition) is 2. The number of aryl methyl sites for hydroxylation is 1. The molecule has 1 fully saturated rings. The fraction of sp³-hybridized carbons (Fsp3) is 0.500. The van der Waals surface area contributed by atoms with E-state index in [2.05, 4.69) is 10.3 Å². The summed E-state index contributed by atoms with van der Waals surface area (Å²) in [6.45, 7) is 1.79. The van der Waals surface area contributed by atoms with Crippen LogP contribution in [0.15, 0.2) is 18.5 Å². The smallest absolute Gasteiger partial charge is 0.329 e. The highest BCUT2D eigenvalue weighted by Crippen LogP contribution is 2.29. The normalized spacial score (nSPS) is 17.7. The standard InChI is InChI=1S/C14H18N2O3/c1-10-9-15-8-5-11(10)12(17)16-14(13(18)19)6-3-2-4-7-14/h5,8-9H,2-4,6-7H2,1H3,(H,16,17)(H,18,19). The number of pyridine rings is 1. The number of nitrogens with zero attached hydrogens (tertiary/aromatic N) is 1. The SMILES string of the molecule is Cc1cnccc1C(=O)NC1(C(=O)O)CCCCC1. The van der Waals surface area contributed by atoms with E-state index in [1.807, 2.05) is 0 Å². The van der Waals surface area contributed by atoms with Crippen molar-refractivity contribution in [3.05, 3.63) is 29.6 Å². The molecule has 0 aromatic carbocycles. The average molecular weight is 262 g/mol. The molecule has 0 bridgehead atoms. The Morgan fingerprint density at radius 1 is 1.32 bits per heavy atom. The van der Waals surface area contributed by atoms with Gasteiger partial charge >= 0.3 is 5.97 Å². The number of aliphatic carboxylic acids is 1. The maximum atomic E-state index is 12.2. The second-order valence-corrected chi connectivity index (χ2v) is 5.09. The molecule has 1 heterocycles. The number of nitrogens with one attached hydrogen (secondary N) is 1. The number of carboxylic acid groups (broad SMARTS) is 1. The topological polar surface area (TPSA) is 79.3 Å². The Bertz CT molecular complexity index is 493. The molecule has 0 radical (unpaired) electrons. The van der Waals surface area contributed by atoms with Crippen LogP contribution in [-0.4, -0.2) is 27.5 Å². The lowest BCUT2D eigenvalue weighted by molar-refractivity contribution is -0.145. The Balaban J connectivity index is 2.20. The molecule has 5 nitrogen and oxygen atoms in total. The van der Waals surface area contributed by atoms with Crippen LogP contribution < -0.4 is 5.32 Å². The minimum Gasteiger partial charge on any atom is -0.480 e. The first kappa shape index (κ1) is 13.5. The van der Waals surface area contributed by atoms with Gasteiger partial charge in [0.25, 0.3) is 5.91 Å². The average Bonchev–Trinajstić information content (AvgIpc) is 2.40. The third-order valence-corrected chi connectivity index (χ3v) is 3.73. The van der Waals surface area contributed by atoms with Crippen molar-refractivity contribution < 1.29 is 14.7 Å². The first-order valence-corrected chi connectivity index (χ1v) is 6.52. The Labute approximate surface area is 112 Å². The van der Waals surface area contributed by atoms with E-state index < -0.39 is 11.5 Å². The van der Waals surface area contributed by atoms with E-state index in [1.165, 1.54) is 6.20 Å². The number of carboxylic acids is 1. The summed E-state index contributed by atoms with van der Waals surface area (Å²) in [5, 5.41) is 12.1. The highest BCUT2D eigenvalue weighted by atomic mass is 16.4. The van der Waals surface area contributed by atoms with Gasteiger partial charge < -0.3 is 10.4 Å². The molecule has 1 aromatic heterocycles. The lowest BCUT2D eigenvalue weighted by Gasteiger charge is -2.34. The highest BCUT2D eigenvalue weighted by Gasteiger charge is 2.41. The van der Waals surface area contributed by atoms with Crippen LogP contribution in [0.3, 0.4) is 0 Å². The molecule has 0 saturated heterocycles. The van der Waals surface area contributed by atoms with Gasteiger partial charge in [0.05, 0.1) is 0 Å². The molecule has 0 atom stereocenters. The summed E-state index contributed by atoms with van der Waals surface area (Å²) < 4.78 is 0. The van der Waals surface area contributed by atoms with E-state index in [4.69, 9.17) is 0 Å². The molecule has 1 amide bonds. The van der Waals surface area contributed by atoms with Gasteiger partial charge in [-0.05, 0) is 31.4 Å². The van der Waals surface area contributed by atoms with Gasteiger partial charge in [-0.1, -0.05) is 19.3 Å². The number of rotatable bonds is 3. The molecule has 19 heavy (non-hydrogen) atoms. The van der Waals surface area contributed by atoms with Gasteiger partial charge in [-0.15, -0.1) is 0 Å². The zero-order chi connectivity index (χ0) is 13.9. The maximum Gasteiger partial charge on any atom is 0.329 e. The summed E-state index contributed by atoms with van der Waals surface area (Å²) >= 11 is 0. The predicted octanol–water partition coefficient (Wildman–Crippen LogP) is 1.91. The van der Waals surface area contributed by atoms with E-state index in [9.17, 15) is 14.7 Å². The monoisotopic (exact) mass is 262 g/mol. The van der Waals surface area contributed by atoms with Crippen molar-refractivity contribution in [1.29, 1.82) is 0 Å². The Kier molecular flexibility index (Phi) is 3.83. The quantitative estimate of drug-likeness (QED) is 0.872. The minimum atomic E-state index is -1.11. The minimum absolute atomic E-state index is 0.329. The van der Waals surface area contributed by atoms with Gasteiger partial charge in [-0.2, -0.15) is 0 Å². The van der Waals surface area contributed by atoms with Crippen LogP contribution in [-0.2, 0) is 4.79 Å². The van der Waals surface area contributed by atoms with Gasteiger partial charge in [0.15, 0.2) is 0 Å². The predicted molar refractivity (Wildman–Crippen MR) is 69.9 cm³/mol. The molecule has 0 unspecified atom stereocenters. The molecule has 5 heteroatoms. The lowest BCUT2D eigenvalue weighted by Crippen LogP contribution is -2.55. The molecule has 0 spiro atoms. The summed E-state index contributed by atoms with van der Waals surface area (Å²) in [5.41, 5.74) is 0.128. The third kappa shape index (κ3) is 2.75. The van der Waals surface area contributed by atoms with Crippen LogP contribution in [0.1, 0.15) is 48.0 Å². The number of carbonyl (C=O) groups excluding carboxylic acids is 1. The van der Waals surface area contributed by atoms with Crippen molar-refractivity contribution in [3.63, 3.8) is 0 Å². The van der Waals surface area contributed by atoms with Crippen LogP contribution in [0.2, 0.25) is 0 Å². The van der Waals surface area contributed by atoms with Crippen molar-refractivity contribution in [2.75, 3.05) is 0 Å². The van der Waals surface area contributed by atoms with Crippen molar-refractivity contribution >= 4 is 11.9 Å². The first-order chi connectivity index (χ1) is 9.05. The summed E-state index contributed by atoms with van der Waals surface area (Å²) in [6.07, 6.45) is 6.83. The fourth-order valence-corrected chi connectivity index (χ4v) is 2.56. The molecular weight excluding hydrogens is 244 g/mol. The van der Waals surface area contributed by atoms with E-state index in [-0.39, 0.29) is 5.91 Å². The van der Waals surface area contributed by atoms with Crippen LogP contribution in [0, 0.1) is 6.92 Å². The number of aromatic nitrogens is 1. The summed E-state index contributed by atoms with van der Waals surface area (Å²) in [7, 11) is 0. The Morgan fingerprint density at radius 2 is 2.00 bits per heavy atom. The molecule has 102 valence electrons. The van der Waals surface area contributed by atoms with E-state index in [0.29, 0.717) is 18.4 Å². The van der Waals surface area contributed by atoms with Crippen LogP contribution in [0.25, 0.3) is 0 Å². The van der Waals surface area contributed by atoms with Crippen LogP contribution in [0.4, 0.5) is 0 Å². The summed E-state index contributed by atoms with van der Waals surface area (Å²) in [5.74, 6) is -1.27. The number of amides is 1. The molecule has 1 aliphatic rings. The zero-order valence-corrected chi connectivity index (χ0v) is 11.0. The van der Waals surface area contributed by atoms with Gasteiger partial charge in [-0.25, -0.2) is 4.79 Å². The first-order valence-electron chi connectivity index (χ1n) is 6.52. The van der Waals surface area contributed by atoms with Crippen molar-refractivity contribution in [1.82, 2.24) is 10.3 Å². The molecule has 1 saturated carbocycles. The summed E-state index contributed by atoms with van der Waals surface area (Å²) in [4.78, 5) is 27.7. The van der Waals surface area contributed by atoms with Crippen LogP contribution >= 0.6 is 0 Å². The highest BCUT2D eigenvalue weighted by molar-refractivity contribution is 5.98. The van der Waals surface area contributed by atoms with Gasteiger partial charge in [0.2, 0.25) is 0 Å². The maximum absolute atomic E-state index is 12.2. The van der Waals surface area contributed by atoms with Gasteiger partial charge in [0.1, 0.15) is 5.54 Å².